The number of nitrogens with zero attached hydrogens (tertiary/aromatic N) is 2. The first kappa shape index (κ1) is 20.7. The number of thiazole rings is 1. The molecule has 3 aromatic rings. The number of aromatic nitrogens is 2. The third-order valence-electron chi connectivity index (χ3n) is 4.58. The van der Waals surface area contributed by atoms with Crippen LogP contribution in [-0.2, 0) is 9.53 Å². The number of esters is 1. The van der Waals surface area contributed by atoms with Gasteiger partial charge in [0.1, 0.15) is 9.88 Å². The molecule has 0 radical (unpaired) electrons. The molecule has 2 heterocycles. The largest absolute Gasteiger partial charge is 0.451 e. The highest BCUT2D eigenvalue weighted by Crippen LogP contribution is 2.27. The SMILES string of the molecule is CC[C@H](C)c1ccc(NC(=O)COC(=O)c2sc(-c3ccccn3)nc2C)cc1. The third-order valence-corrected chi connectivity index (χ3v) is 5.74. The van der Waals surface area contributed by atoms with Crippen molar-refractivity contribution in [1.82, 2.24) is 9.97 Å². The Bertz CT molecular complexity index is 984. The Labute approximate surface area is 174 Å². The average Bonchev–Trinajstić information content (AvgIpc) is 3.14. The molecule has 0 saturated heterocycles. The Morgan fingerprint density at radius 2 is 1.93 bits per heavy atom. The summed E-state index contributed by atoms with van der Waals surface area (Å²) in [6.45, 7) is 5.67. The molecule has 2 aromatic heterocycles. The van der Waals surface area contributed by atoms with Crippen LogP contribution in [0.4, 0.5) is 5.69 Å². The summed E-state index contributed by atoms with van der Waals surface area (Å²) in [5.41, 5.74) is 3.14. The van der Waals surface area contributed by atoms with Crippen molar-refractivity contribution in [3.8, 4) is 10.7 Å². The highest BCUT2D eigenvalue weighted by molar-refractivity contribution is 7.17. The summed E-state index contributed by atoms with van der Waals surface area (Å²) >= 11 is 1.20. The van der Waals surface area contributed by atoms with Gasteiger partial charge in [-0.15, -0.1) is 11.3 Å². The predicted octanol–water partition coefficient (Wildman–Crippen LogP) is 4.82. The van der Waals surface area contributed by atoms with Gasteiger partial charge < -0.3 is 10.1 Å². The van der Waals surface area contributed by atoms with Gasteiger partial charge in [0.2, 0.25) is 0 Å². The van der Waals surface area contributed by atoms with Crippen LogP contribution in [0, 0.1) is 6.92 Å². The van der Waals surface area contributed by atoms with Gasteiger partial charge in [-0.1, -0.05) is 32.0 Å². The maximum Gasteiger partial charge on any atom is 0.350 e. The summed E-state index contributed by atoms with van der Waals surface area (Å²) in [6, 6.07) is 13.2. The van der Waals surface area contributed by atoms with Crippen molar-refractivity contribution >= 4 is 28.9 Å². The molecule has 1 aromatic carbocycles. The van der Waals surface area contributed by atoms with Gasteiger partial charge in [-0.3, -0.25) is 9.78 Å². The topological polar surface area (TPSA) is 81.2 Å². The molecule has 0 aliphatic rings. The van der Waals surface area contributed by atoms with Crippen molar-refractivity contribution in [2.45, 2.75) is 33.1 Å². The lowest BCUT2D eigenvalue weighted by Gasteiger charge is -2.10. The number of pyridine rings is 1. The first-order valence-electron chi connectivity index (χ1n) is 9.43. The van der Waals surface area contributed by atoms with E-state index in [1.165, 1.54) is 16.9 Å². The monoisotopic (exact) mass is 409 g/mol. The lowest BCUT2D eigenvalue weighted by molar-refractivity contribution is -0.119. The summed E-state index contributed by atoms with van der Waals surface area (Å²) in [4.78, 5) is 33.5. The molecule has 0 fully saturated rings. The summed E-state index contributed by atoms with van der Waals surface area (Å²) in [7, 11) is 0. The molecule has 6 nitrogen and oxygen atoms in total. The minimum atomic E-state index is -0.565. The van der Waals surface area contributed by atoms with E-state index in [1.807, 2.05) is 42.5 Å². The number of nitrogens with one attached hydrogen (secondary N) is 1. The standard InChI is InChI=1S/C22H23N3O3S/c1-4-14(2)16-8-10-17(11-9-16)25-19(26)13-28-22(27)20-15(3)24-21(29-20)18-7-5-6-12-23-18/h5-12,14H,4,13H2,1-3H3,(H,25,26)/t14-/m0/s1. The molecule has 0 aliphatic carbocycles. The van der Waals surface area contributed by atoms with Crippen LogP contribution >= 0.6 is 11.3 Å². The minimum Gasteiger partial charge on any atom is -0.451 e. The molecule has 150 valence electrons. The summed E-state index contributed by atoms with van der Waals surface area (Å²) < 4.78 is 5.17. The Hall–Kier alpha value is -3.06. The van der Waals surface area contributed by atoms with Crippen LogP contribution in [0.2, 0.25) is 0 Å². The lowest BCUT2D eigenvalue weighted by Crippen LogP contribution is -2.20. The zero-order chi connectivity index (χ0) is 20.8. The number of amides is 1. The van der Waals surface area contributed by atoms with Crippen LogP contribution in [0.25, 0.3) is 10.7 Å². The lowest BCUT2D eigenvalue weighted by atomic mass is 9.99. The van der Waals surface area contributed by atoms with E-state index in [9.17, 15) is 9.59 Å². The van der Waals surface area contributed by atoms with E-state index >= 15 is 0 Å². The molecule has 7 heteroatoms. The van der Waals surface area contributed by atoms with Crippen molar-refractivity contribution in [1.29, 1.82) is 0 Å². The van der Waals surface area contributed by atoms with E-state index < -0.39 is 5.97 Å². The Morgan fingerprint density at radius 1 is 1.17 bits per heavy atom. The fraction of sp³-hybridized carbons (Fsp3) is 0.273. The van der Waals surface area contributed by atoms with Crippen LogP contribution < -0.4 is 5.32 Å². The molecule has 0 bridgehead atoms. The molecule has 1 N–H and O–H groups in total. The zero-order valence-corrected chi connectivity index (χ0v) is 17.5. The van der Waals surface area contributed by atoms with Gasteiger partial charge in [-0.25, -0.2) is 9.78 Å². The average molecular weight is 410 g/mol. The number of benzene rings is 1. The van der Waals surface area contributed by atoms with Crippen molar-refractivity contribution in [3.63, 3.8) is 0 Å². The van der Waals surface area contributed by atoms with E-state index in [4.69, 9.17) is 4.74 Å². The second kappa shape index (κ2) is 9.43. The van der Waals surface area contributed by atoms with Gasteiger partial charge in [0.15, 0.2) is 6.61 Å². The summed E-state index contributed by atoms with van der Waals surface area (Å²) in [5.74, 6) is -0.481. The molecule has 3 rings (SSSR count). The highest BCUT2D eigenvalue weighted by Gasteiger charge is 2.19. The maximum atomic E-state index is 12.4. The fourth-order valence-corrected chi connectivity index (χ4v) is 3.65. The van der Waals surface area contributed by atoms with Crippen molar-refractivity contribution in [2.24, 2.45) is 0 Å². The molecule has 1 atom stereocenters. The van der Waals surface area contributed by atoms with Crippen LogP contribution in [0.5, 0.6) is 0 Å². The number of hydrogen-bond acceptors (Lipinski definition) is 6. The van der Waals surface area contributed by atoms with Gasteiger partial charge in [0.05, 0.1) is 11.4 Å². The van der Waals surface area contributed by atoms with E-state index in [-0.39, 0.29) is 12.5 Å². The number of ether oxygens (including phenoxy) is 1. The maximum absolute atomic E-state index is 12.4. The quantitative estimate of drug-likeness (QED) is 0.566. The molecule has 0 unspecified atom stereocenters. The molecule has 0 saturated carbocycles. The normalized spacial score (nSPS) is 11.7. The predicted molar refractivity (Wildman–Crippen MR) is 114 cm³/mol. The second-order valence-corrected chi connectivity index (χ2v) is 7.70. The van der Waals surface area contributed by atoms with Crippen molar-refractivity contribution in [2.75, 3.05) is 11.9 Å². The van der Waals surface area contributed by atoms with Gasteiger partial charge in [-0.05, 0) is 49.1 Å². The smallest absolute Gasteiger partial charge is 0.350 e. The van der Waals surface area contributed by atoms with E-state index in [2.05, 4.69) is 29.1 Å². The van der Waals surface area contributed by atoms with Crippen LogP contribution in [0.1, 0.15) is 47.1 Å². The van der Waals surface area contributed by atoms with E-state index in [0.717, 1.165) is 6.42 Å². The molecule has 1 amide bonds. The first-order chi connectivity index (χ1) is 14.0. The molecule has 29 heavy (non-hydrogen) atoms. The minimum absolute atomic E-state index is 0.359. The summed E-state index contributed by atoms with van der Waals surface area (Å²) in [5, 5.41) is 3.38. The molecule has 0 spiro atoms. The van der Waals surface area contributed by atoms with Crippen LogP contribution in [0.3, 0.4) is 0 Å². The zero-order valence-electron chi connectivity index (χ0n) is 16.6. The summed E-state index contributed by atoms with van der Waals surface area (Å²) in [6.07, 6.45) is 2.73. The number of carbonyl (C=O) groups excluding carboxylic acids is 2. The van der Waals surface area contributed by atoms with Crippen molar-refractivity contribution < 1.29 is 14.3 Å². The highest BCUT2D eigenvalue weighted by atomic mass is 32.1. The Morgan fingerprint density at radius 3 is 2.59 bits per heavy atom. The van der Waals surface area contributed by atoms with E-state index in [1.54, 1.807) is 13.1 Å². The van der Waals surface area contributed by atoms with Gasteiger partial charge >= 0.3 is 5.97 Å². The number of rotatable bonds is 7. The number of anilines is 1. The number of carbonyl (C=O) groups is 2. The van der Waals surface area contributed by atoms with Crippen LogP contribution in [-0.4, -0.2) is 28.5 Å². The molecular weight excluding hydrogens is 386 g/mol. The number of hydrogen-bond donors (Lipinski definition) is 1. The molecule has 0 aliphatic heterocycles. The van der Waals surface area contributed by atoms with Gasteiger partial charge in [0, 0.05) is 11.9 Å². The van der Waals surface area contributed by atoms with E-state index in [0.29, 0.717) is 32.9 Å². The van der Waals surface area contributed by atoms with Gasteiger partial charge in [-0.2, -0.15) is 0 Å². The second-order valence-electron chi connectivity index (χ2n) is 6.70. The Kier molecular flexibility index (Phi) is 6.72. The number of aryl methyl sites for hydroxylation is 1. The third kappa shape index (κ3) is 5.26. The van der Waals surface area contributed by atoms with Crippen LogP contribution in [0.15, 0.2) is 48.7 Å². The van der Waals surface area contributed by atoms with Gasteiger partial charge in [0.25, 0.3) is 5.91 Å². The first-order valence-corrected chi connectivity index (χ1v) is 10.2. The van der Waals surface area contributed by atoms with Crippen molar-refractivity contribution in [3.05, 3.63) is 64.8 Å². The Balaban J connectivity index is 1.56. The molecular formula is C22H23N3O3S. The fourth-order valence-electron chi connectivity index (χ4n) is 2.71.